The van der Waals surface area contributed by atoms with Gasteiger partial charge in [0.05, 0.1) is 18.4 Å². The molecule has 0 aliphatic rings. The van der Waals surface area contributed by atoms with Gasteiger partial charge in [-0.25, -0.2) is 4.98 Å². The summed E-state index contributed by atoms with van der Waals surface area (Å²) in [6.45, 7) is 0.338. The van der Waals surface area contributed by atoms with E-state index < -0.39 is 11.7 Å². The Morgan fingerprint density at radius 1 is 1.35 bits per heavy atom. The number of aromatic nitrogens is 1. The lowest BCUT2D eigenvalue weighted by Crippen LogP contribution is -2.19. The third kappa shape index (κ3) is 3.23. The largest absolute Gasteiger partial charge is 0.467 e. The van der Waals surface area contributed by atoms with E-state index >= 15 is 0 Å². The number of halogens is 3. The number of hydrogen-bond acceptors (Lipinski definition) is 4. The van der Waals surface area contributed by atoms with Crippen molar-refractivity contribution in [2.24, 2.45) is 0 Å². The Hall–Kier alpha value is -2.18. The van der Waals surface area contributed by atoms with E-state index in [1.807, 2.05) is 0 Å². The lowest BCUT2D eigenvalue weighted by molar-refractivity contribution is -0.137. The van der Waals surface area contributed by atoms with Crippen LogP contribution in [0.25, 0.3) is 0 Å². The minimum Gasteiger partial charge on any atom is -0.467 e. The van der Waals surface area contributed by atoms with Crippen molar-refractivity contribution in [2.45, 2.75) is 12.7 Å². The summed E-state index contributed by atoms with van der Waals surface area (Å²) in [4.78, 5) is 5.71. The molecule has 0 radical (unpaired) electrons. The fourth-order valence-corrected chi connectivity index (χ4v) is 1.72. The van der Waals surface area contributed by atoms with Crippen LogP contribution in [0.5, 0.6) is 0 Å². The number of pyridine rings is 1. The molecule has 108 valence electrons. The molecule has 0 aromatic carbocycles. The van der Waals surface area contributed by atoms with E-state index in [1.165, 1.54) is 13.3 Å². The van der Waals surface area contributed by atoms with E-state index in [2.05, 4.69) is 10.3 Å². The van der Waals surface area contributed by atoms with Gasteiger partial charge in [0.2, 0.25) is 0 Å². The van der Waals surface area contributed by atoms with Crippen molar-refractivity contribution in [2.75, 3.05) is 24.3 Å². The third-order valence-electron chi connectivity index (χ3n) is 2.76. The number of alkyl halides is 3. The Morgan fingerprint density at radius 2 is 2.10 bits per heavy atom. The van der Waals surface area contributed by atoms with Gasteiger partial charge >= 0.3 is 6.18 Å². The molecule has 0 aliphatic carbocycles. The molecule has 2 rings (SSSR count). The summed E-state index contributed by atoms with van der Waals surface area (Å²) in [6.07, 6.45) is -2.89. The number of hydrogen-bond donors (Lipinski definition) is 1. The van der Waals surface area contributed by atoms with Crippen LogP contribution in [0.4, 0.5) is 24.8 Å². The average Bonchev–Trinajstić information content (AvgIpc) is 2.90. The lowest BCUT2D eigenvalue weighted by Gasteiger charge is -2.19. The zero-order valence-electron chi connectivity index (χ0n) is 11.0. The quantitative estimate of drug-likeness (QED) is 0.935. The van der Waals surface area contributed by atoms with E-state index in [9.17, 15) is 13.2 Å². The fourth-order valence-electron chi connectivity index (χ4n) is 1.72. The van der Waals surface area contributed by atoms with Crippen LogP contribution < -0.4 is 10.2 Å². The van der Waals surface area contributed by atoms with Crippen molar-refractivity contribution in [3.8, 4) is 0 Å². The first kappa shape index (κ1) is 14.2. The molecule has 7 heteroatoms. The Morgan fingerprint density at radius 3 is 2.65 bits per heavy atom. The van der Waals surface area contributed by atoms with Crippen LogP contribution in [0.2, 0.25) is 0 Å². The van der Waals surface area contributed by atoms with E-state index in [4.69, 9.17) is 4.42 Å². The molecule has 0 saturated carbocycles. The summed E-state index contributed by atoms with van der Waals surface area (Å²) in [6, 6.07) is 5.47. The topological polar surface area (TPSA) is 41.3 Å². The summed E-state index contributed by atoms with van der Waals surface area (Å²) in [7, 11) is 3.18. The normalized spacial score (nSPS) is 11.4. The minimum absolute atomic E-state index is 0.168. The van der Waals surface area contributed by atoms with Crippen LogP contribution in [0, 0.1) is 0 Å². The smallest absolute Gasteiger partial charge is 0.416 e. The van der Waals surface area contributed by atoms with Crippen LogP contribution in [-0.2, 0) is 12.7 Å². The first-order valence-electron chi connectivity index (χ1n) is 5.90. The van der Waals surface area contributed by atoms with Crippen molar-refractivity contribution >= 4 is 11.6 Å². The molecular weight excluding hydrogens is 271 g/mol. The minimum atomic E-state index is -4.41. The second-order valence-electron chi connectivity index (χ2n) is 4.28. The number of nitrogens with zero attached hydrogens (tertiary/aromatic N) is 2. The highest BCUT2D eigenvalue weighted by atomic mass is 19.4. The molecule has 0 saturated heterocycles. The van der Waals surface area contributed by atoms with Gasteiger partial charge in [-0.05, 0) is 24.3 Å². The van der Waals surface area contributed by atoms with Crippen LogP contribution in [0.3, 0.4) is 0 Å². The van der Waals surface area contributed by atoms with Gasteiger partial charge in [0.1, 0.15) is 17.4 Å². The number of anilines is 2. The molecule has 2 aromatic rings. The molecule has 0 atom stereocenters. The van der Waals surface area contributed by atoms with Crippen LogP contribution >= 0.6 is 0 Å². The third-order valence-corrected chi connectivity index (χ3v) is 2.76. The SMILES string of the molecule is CNc1cc(C(F)(F)F)cc(N(C)Cc2ccco2)n1. The fraction of sp³-hybridized carbons (Fsp3) is 0.308. The highest BCUT2D eigenvalue weighted by Gasteiger charge is 2.32. The predicted molar refractivity (Wildman–Crippen MR) is 69.6 cm³/mol. The summed E-state index contributed by atoms with van der Waals surface area (Å²) in [5, 5.41) is 2.63. The second-order valence-corrected chi connectivity index (χ2v) is 4.28. The molecule has 2 heterocycles. The van der Waals surface area contributed by atoms with Crippen LogP contribution in [-0.4, -0.2) is 19.1 Å². The molecule has 0 bridgehead atoms. The molecule has 0 unspecified atom stereocenters. The summed E-state index contributed by atoms with van der Waals surface area (Å²) >= 11 is 0. The zero-order valence-corrected chi connectivity index (χ0v) is 11.0. The average molecular weight is 285 g/mol. The van der Waals surface area contributed by atoms with Gasteiger partial charge in [0, 0.05) is 14.1 Å². The number of nitrogens with one attached hydrogen (secondary N) is 1. The predicted octanol–water partition coefficient (Wildman–Crippen LogP) is 3.37. The van der Waals surface area contributed by atoms with Crippen molar-refractivity contribution < 1.29 is 17.6 Å². The summed E-state index contributed by atoms with van der Waals surface area (Å²) < 4.78 is 43.7. The maximum absolute atomic E-state index is 12.8. The maximum Gasteiger partial charge on any atom is 0.416 e. The first-order valence-corrected chi connectivity index (χ1v) is 5.90. The van der Waals surface area contributed by atoms with Gasteiger partial charge in [0.25, 0.3) is 0 Å². The van der Waals surface area contributed by atoms with Crippen molar-refractivity contribution in [3.05, 3.63) is 41.9 Å². The van der Waals surface area contributed by atoms with E-state index in [0.717, 1.165) is 12.1 Å². The highest BCUT2D eigenvalue weighted by Crippen LogP contribution is 2.32. The van der Waals surface area contributed by atoms with E-state index in [-0.39, 0.29) is 11.6 Å². The molecule has 0 amide bonds. The van der Waals surface area contributed by atoms with Crippen molar-refractivity contribution in [1.82, 2.24) is 4.98 Å². The zero-order chi connectivity index (χ0) is 14.8. The number of furan rings is 1. The number of rotatable bonds is 4. The van der Waals surface area contributed by atoms with Gasteiger partial charge in [-0.15, -0.1) is 0 Å². The van der Waals surface area contributed by atoms with Gasteiger partial charge in [-0.2, -0.15) is 13.2 Å². The Bertz CT molecular complexity index is 567. The molecule has 0 fully saturated rings. The van der Waals surface area contributed by atoms with Crippen molar-refractivity contribution in [3.63, 3.8) is 0 Å². The molecule has 20 heavy (non-hydrogen) atoms. The van der Waals surface area contributed by atoms with Gasteiger partial charge in [-0.1, -0.05) is 0 Å². The van der Waals surface area contributed by atoms with E-state index in [0.29, 0.717) is 12.3 Å². The molecule has 4 nitrogen and oxygen atoms in total. The first-order chi connectivity index (χ1) is 9.40. The van der Waals surface area contributed by atoms with Crippen molar-refractivity contribution in [1.29, 1.82) is 0 Å². The molecule has 1 N–H and O–H groups in total. The highest BCUT2D eigenvalue weighted by molar-refractivity contribution is 5.50. The van der Waals surface area contributed by atoms with E-state index in [1.54, 1.807) is 24.1 Å². The maximum atomic E-state index is 12.8. The Balaban J connectivity index is 2.30. The standard InChI is InChI=1S/C13H14F3N3O/c1-17-11-6-9(13(14,15)16)7-12(18-11)19(2)8-10-4-3-5-20-10/h3-7H,8H2,1-2H3,(H,17,18). The summed E-state index contributed by atoms with van der Waals surface area (Å²) in [5.41, 5.74) is -0.738. The molecule has 0 aliphatic heterocycles. The summed E-state index contributed by atoms with van der Waals surface area (Å²) in [5.74, 6) is 1.04. The molecule has 0 spiro atoms. The van der Waals surface area contributed by atoms with Crippen LogP contribution in [0.1, 0.15) is 11.3 Å². The molecule has 2 aromatic heterocycles. The molecular formula is C13H14F3N3O. The monoisotopic (exact) mass is 285 g/mol. The Kier molecular flexibility index (Phi) is 3.87. The van der Waals surface area contributed by atoms with Gasteiger partial charge < -0.3 is 14.6 Å². The van der Waals surface area contributed by atoms with Gasteiger partial charge in [0.15, 0.2) is 0 Å². The van der Waals surface area contributed by atoms with Gasteiger partial charge in [-0.3, -0.25) is 0 Å². The second kappa shape index (κ2) is 5.44. The Labute approximate surface area is 114 Å². The lowest BCUT2D eigenvalue weighted by atomic mass is 10.2. The van der Waals surface area contributed by atoms with Crippen LogP contribution in [0.15, 0.2) is 34.9 Å².